The quantitative estimate of drug-likeness (QED) is 0.737. The smallest absolute Gasteiger partial charge is 0.242 e. The Morgan fingerprint density at radius 2 is 2.12 bits per heavy atom. The van der Waals surface area contributed by atoms with Gasteiger partial charge < -0.3 is 15.0 Å². The fourth-order valence-corrected chi connectivity index (χ4v) is 3.02. The van der Waals surface area contributed by atoms with Gasteiger partial charge in [-0.1, -0.05) is 25.0 Å². The van der Waals surface area contributed by atoms with E-state index in [4.69, 9.17) is 11.2 Å². The molecule has 1 fully saturated rings. The minimum atomic E-state index is -0.307. The SMILES string of the molecule is C#CCOc1ccc(CCNC(=O)C2CCCN2C(=O)CCC)cc1. The number of benzene rings is 1. The first-order valence-corrected chi connectivity index (χ1v) is 8.88. The molecular formula is C20H26N2O3. The van der Waals surface area contributed by atoms with Gasteiger partial charge in [0, 0.05) is 19.5 Å². The number of carbonyl (C=O) groups excluding carboxylic acids is 2. The monoisotopic (exact) mass is 342 g/mol. The molecule has 0 aliphatic carbocycles. The summed E-state index contributed by atoms with van der Waals surface area (Å²) in [6.07, 6.45) is 8.86. The van der Waals surface area contributed by atoms with Crippen LogP contribution in [0.5, 0.6) is 5.75 Å². The minimum Gasteiger partial charge on any atom is -0.481 e. The predicted molar refractivity (Wildman–Crippen MR) is 97.1 cm³/mol. The van der Waals surface area contributed by atoms with Crippen LogP contribution in [-0.4, -0.2) is 42.5 Å². The Morgan fingerprint density at radius 3 is 2.80 bits per heavy atom. The number of nitrogens with one attached hydrogen (secondary N) is 1. The molecule has 1 aromatic rings. The maximum atomic E-state index is 12.4. The molecule has 1 aliphatic heterocycles. The van der Waals surface area contributed by atoms with Crippen molar-refractivity contribution in [3.8, 4) is 18.1 Å². The number of hydrogen-bond acceptors (Lipinski definition) is 3. The fourth-order valence-electron chi connectivity index (χ4n) is 3.02. The predicted octanol–water partition coefficient (Wildman–Crippen LogP) is 2.15. The average molecular weight is 342 g/mol. The van der Waals surface area contributed by atoms with Crippen LogP contribution in [0.1, 0.15) is 38.2 Å². The van der Waals surface area contributed by atoms with E-state index in [1.807, 2.05) is 31.2 Å². The molecule has 2 rings (SSSR count). The van der Waals surface area contributed by atoms with E-state index in [-0.39, 0.29) is 24.5 Å². The number of terminal acetylenes is 1. The Hall–Kier alpha value is -2.48. The largest absolute Gasteiger partial charge is 0.481 e. The molecule has 1 saturated heterocycles. The maximum absolute atomic E-state index is 12.4. The van der Waals surface area contributed by atoms with Crippen molar-refractivity contribution in [2.75, 3.05) is 19.7 Å². The van der Waals surface area contributed by atoms with Crippen LogP contribution in [-0.2, 0) is 16.0 Å². The maximum Gasteiger partial charge on any atom is 0.242 e. The summed E-state index contributed by atoms with van der Waals surface area (Å²) in [7, 11) is 0. The molecule has 0 radical (unpaired) electrons. The Balaban J connectivity index is 1.78. The molecule has 25 heavy (non-hydrogen) atoms. The molecule has 5 nitrogen and oxygen atoms in total. The Kier molecular flexibility index (Phi) is 7.34. The van der Waals surface area contributed by atoms with Crippen LogP contribution >= 0.6 is 0 Å². The lowest BCUT2D eigenvalue weighted by molar-refractivity contribution is -0.138. The van der Waals surface area contributed by atoms with Gasteiger partial charge in [0.1, 0.15) is 18.4 Å². The zero-order valence-corrected chi connectivity index (χ0v) is 14.8. The average Bonchev–Trinajstić information content (AvgIpc) is 3.11. The van der Waals surface area contributed by atoms with Gasteiger partial charge in [-0.05, 0) is 43.4 Å². The second kappa shape index (κ2) is 9.73. The molecule has 2 amide bonds. The van der Waals surface area contributed by atoms with Crippen molar-refractivity contribution in [1.82, 2.24) is 10.2 Å². The van der Waals surface area contributed by atoms with E-state index in [9.17, 15) is 9.59 Å². The number of amides is 2. The number of ether oxygens (including phenoxy) is 1. The first kappa shape index (κ1) is 18.9. The Morgan fingerprint density at radius 1 is 1.36 bits per heavy atom. The van der Waals surface area contributed by atoms with Gasteiger partial charge in [-0.15, -0.1) is 6.42 Å². The highest BCUT2D eigenvalue weighted by atomic mass is 16.5. The van der Waals surface area contributed by atoms with Gasteiger partial charge in [0.15, 0.2) is 0 Å². The fraction of sp³-hybridized carbons (Fsp3) is 0.500. The summed E-state index contributed by atoms with van der Waals surface area (Å²) in [4.78, 5) is 26.2. The van der Waals surface area contributed by atoms with Crippen LogP contribution in [0.2, 0.25) is 0 Å². The summed E-state index contributed by atoms with van der Waals surface area (Å²) in [5, 5.41) is 2.96. The lowest BCUT2D eigenvalue weighted by Gasteiger charge is -2.23. The lowest BCUT2D eigenvalue weighted by atomic mass is 10.1. The summed E-state index contributed by atoms with van der Waals surface area (Å²) >= 11 is 0. The van der Waals surface area contributed by atoms with Crippen LogP contribution in [0.25, 0.3) is 0 Å². The van der Waals surface area contributed by atoms with Gasteiger partial charge in [-0.2, -0.15) is 0 Å². The summed E-state index contributed by atoms with van der Waals surface area (Å²) < 4.78 is 5.33. The standard InChI is InChI=1S/C20H26N2O3/c1-3-6-19(23)22-14-5-7-18(22)20(24)21-13-12-16-8-10-17(11-9-16)25-15-4-2/h2,8-11,18H,3,5-7,12-15H2,1H3,(H,21,24). The molecule has 1 N–H and O–H groups in total. The van der Waals surface area contributed by atoms with Crippen molar-refractivity contribution in [2.24, 2.45) is 0 Å². The number of likely N-dealkylation sites (tertiary alicyclic amines) is 1. The molecular weight excluding hydrogens is 316 g/mol. The van der Waals surface area contributed by atoms with E-state index < -0.39 is 0 Å². The molecule has 5 heteroatoms. The van der Waals surface area contributed by atoms with Gasteiger partial charge in [0.2, 0.25) is 11.8 Å². The van der Waals surface area contributed by atoms with Crippen molar-refractivity contribution in [3.63, 3.8) is 0 Å². The first-order chi connectivity index (χ1) is 12.2. The molecule has 0 saturated carbocycles. The van der Waals surface area contributed by atoms with Crippen molar-refractivity contribution >= 4 is 11.8 Å². The first-order valence-electron chi connectivity index (χ1n) is 8.88. The van der Waals surface area contributed by atoms with Crippen LogP contribution in [0.4, 0.5) is 0 Å². The summed E-state index contributed by atoms with van der Waals surface area (Å²) in [6, 6.07) is 7.36. The van der Waals surface area contributed by atoms with E-state index >= 15 is 0 Å². The third kappa shape index (κ3) is 5.53. The van der Waals surface area contributed by atoms with Gasteiger partial charge in [-0.25, -0.2) is 0 Å². The molecule has 1 aromatic carbocycles. The van der Waals surface area contributed by atoms with Crippen molar-refractivity contribution in [3.05, 3.63) is 29.8 Å². The minimum absolute atomic E-state index is 0.0454. The van der Waals surface area contributed by atoms with Gasteiger partial charge in [-0.3, -0.25) is 9.59 Å². The van der Waals surface area contributed by atoms with E-state index in [0.717, 1.165) is 37.0 Å². The van der Waals surface area contributed by atoms with E-state index in [0.29, 0.717) is 19.5 Å². The van der Waals surface area contributed by atoms with Crippen LogP contribution < -0.4 is 10.1 Å². The highest BCUT2D eigenvalue weighted by molar-refractivity contribution is 5.88. The van der Waals surface area contributed by atoms with Gasteiger partial charge in [0.25, 0.3) is 0 Å². The van der Waals surface area contributed by atoms with Crippen molar-refractivity contribution in [2.45, 2.75) is 45.1 Å². The Labute approximate surface area is 149 Å². The van der Waals surface area contributed by atoms with Crippen molar-refractivity contribution in [1.29, 1.82) is 0 Å². The third-order valence-electron chi connectivity index (χ3n) is 4.30. The van der Waals surface area contributed by atoms with Crippen LogP contribution in [0, 0.1) is 12.3 Å². The number of rotatable bonds is 8. The number of nitrogens with zero attached hydrogens (tertiary/aromatic N) is 1. The summed E-state index contributed by atoms with van der Waals surface area (Å²) in [5.41, 5.74) is 1.11. The molecule has 1 heterocycles. The van der Waals surface area contributed by atoms with Crippen LogP contribution in [0.15, 0.2) is 24.3 Å². The number of hydrogen-bond donors (Lipinski definition) is 1. The van der Waals surface area contributed by atoms with E-state index in [1.54, 1.807) is 4.90 Å². The van der Waals surface area contributed by atoms with Crippen molar-refractivity contribution < 1.29 is 14.3 Å². The zero-order valence-electron chi connectivity index (χ0n) is 14.8. The highest BCUT2D eigenvalue weighted by Gasteiger charge is 2.33. The third-order valence-corrected chi connectivity index (χ3v) is 4.30. The highest BCUT2D eigenvalue weighted by Crippen LogP contribution is 2.19. The molecule has 1 atom stereocenters. The number of carbonyl (C=O) groups is 2. The topological polar surface area (TPSA) is 58.6 Å². The molecule has 0 spiro atoms. The summed E-state index contributed by atoms with van der Waals surface area (Å²) in [6.45, 7) is 3.47. The molecule has 134 valence electrons. The molecule has 1 aliphatic rings. The molecule has 0 aromatic heterocycles. The van der Waals surface area contributed by atoms with Crippen LogP contribution in [0.3, 0.4) is 0 Å². The lowest BCUT2D eigenvalue weighted by Crippen LogP contribution is -2.46. The molecule has 0 bridgehead atoms. The molecule has 1 unspecified atom stereocenters. The second-order valence-electron chi connectivity index (χ2n) is 6.17. The zero-order chi connectivity index (χ0) is 18.1. The van der Waals surface area contributed by atoms with E-state index in [1.165, 1.54) is 0 Å². The second-order valence-corrected chi connectivity index (χ2v) is 6.17. The van der Waals surface area contributed by atoms with E-state index in [2.05, 4.69) is 11.2 Å². The van der Waals surface area contributed by atoms with Gasteiger partial charge in [0.05, 0.1) is 0 Å². The summed E-state index contributed by atoms with van der Waals surface area (Å²) in [5.74, 6) is 3.20. The Bertz CT molecular complexity index is 619. The van der Waals surface area contributed by atoms with Gasteiger partial charge >= 0.3 is 0 Å². The normalized spacial score (nSPS) is 16.3.